The molecule has 3 aliphatic rings. The summed E-state index contributed by atoms with van der Waals surface area (Å²) in [5.74, 6) is 0.530. The molecule has 5 atom stereocenters. The second-order valence-corrected chi connectivity index (χ2v) is 15.4. The van der Waals surface area contributed by atoms with E-state index in [-0.39, 0.29) is 36.5 Å². The molecule has 3 heterocycles. The van der Waals surface area contributed by atoms with E-state index in [0.29, 0.717) is 48.2 Å². The Hall–Kier alpha value is -4.46. The molecule has 5 N–H and O–H groups in total. The van der Waals surface area contributed by atoms with Crippen molar-refractivity contribution in [3.05, 3.63) is 60.2 Å². The molecule has 0 spiro atoms. The van der Waals surface area contributed by atoms with Crippen molar-refractivity contribution in [3.8, 4) is 5.75 Å². The summed E-state index contributed by atoms with van der Waals surface area (Å²) in [7, 11) is 0. The predicted molar refractivity (Wildman–Crippen MR) is 196 cm³/mol. The first-order chi connectivity index (χ1) is 24.5. The van der Waals surface area contributed by atoms with Crippen LogP contribution in [0.15, 0.2) is 54.6 Å². The Bertz CT molecular complexity index is 1540. The number of nitrogens with one attached hydrogen (secondary N) is 5. The quantitative estimate of drug-likeness (QED) is 0.135. The van der Waals surface area contributed by atoms with Crippen LogP contribution in [0.1, 0.15) is 77.4 Å². The van der Waals surface area contributed by atoms with Crippen molar-refractivity contribution in [2.75, 3.05) is 30.3 Å². The summed E-state index contributed by atoms with van der Waals surface area (Å²) in [4.78, 5) is 65.4. The SMILES string of the molecule is CC(C)(C)OC(=O)N[C@H]1C(=O)N(CC(=O)NCCCCCNC(=O)CCCC[C@@H]2SC[C@@H]3NC(=O)N[C@@H]32)c2ccccc2O[C@H]1c1ccccc1. The molecule has 0 radical (unpaired) electrons. The minimum Gasteiger partial charge on any atom is -0.481 e. The van der Waals surface area contributed by atoms with Crippen molar-refractivity contribution in [3.63, 3.8) is 0 Å². The van der Waals surface area contributed by atoms with Gasteiger partial charge in [-0.3, -0.25) is 19.3 Å². The zero-order valence-electron chi connectivity index (χ0n) is 29.6. The van der Waals surface area contributed by atoms with E-state index in [1.54, 1.807) is 45.0 Å². The Balaban J connectivity index is 1.05. The number of carbonyl (C=O) groups excluding carboxylic acids is 5. The first kappa shape index (κ1) is 37.8. The summed E-state index contributed by atoms with van der Waals surface area (Å²) in [5.41, 5.74) is 0.317. The summed E-state index contributed by atoms with van der Waals surface area (Å²) in [5, 5.41) is 15.0. The molecule has 3 aliphatic heterocycles. The number of rotatable bonds is 15. The highest BCUT2D eigenvalue weighted by molar-refractivity contribution is 8.00. The van der Waals surface area contributed by atoms with Crippen LogP contribution >= 0.6 is 11.8 Å². The number of thioether (sulfide) groups is 1. The Morgan fingerprint density at radius 2 is 1.61 bits per heavy atom. The fourth-order valence-electron chi connectivity index (χ4n) is 6.48. The first-order valence-corrected chi connectivity index (χ1v) is 18.9. The van der Waals surface area contributed by atoms with Crippen LogP contribution in [0.25, 0.3) is 0 Å². The van der Waals surface area contributed by atoms with Crippen LogP contribution in [-0.4, -0.2) is 84.2 Å². The molecule has 5 rings (SSSR count). The number of hydrogen-bond donors (Lipinski definition) is 5. The van der Waals surface area contributed by atoms with Gasteiger partial charge in [0.05, 0.1) is 17.8 Å². The molecule has 14 heteroatoms. The van der Waals surface area contributed by atoms with Crippen LogP contribution < -0.4 is 36.2 Å². The molecule has 0 aromatic heterocycles. The minimum atomic E-state index is -1.18. The zero-order valence-corrected chi connectivity index (χ0v) is 30.4. The largest absolute Gasteiger partial charge is 0.481 e. The Labute approximate surface area is 303 Å². The van der Waals surface area contributed by atoms with Crippen LogP contribution in [0, 0.1) is 0 Å². The molecule has 0 unspecified atom stereocenters. The number of alkyl carbamates (subject to hydrolysis) is 1. The maximum atomic E-state index is 14.2. The van der Waals surface area contributed by atoms with Gasteiger partial charge in [-0.25, -0.2) is 9.59 Å². The van der Waals surface area contributed by atoms with Gasteiger partial charge in [-0.2, -0.15) is 11.8 Å². The van der Waals surface area contributed by atoms with Gasteiger partial charge in [-0.1, -0.05) is 48.9 Å². The fourth-order valence-corrected chi connectivity index (χ4v) is 8.03. The second kappa shape index (κ2) is 17.7. The Morgan fingerprint density at radius 1 is 0.902 bits per heavy atom. The average Bonchev–Trinajstić information content (AvgIpc) is 3.62. The number of ether oxygens (including phenoxy) is 2. The molecule has 2 aromatic carbocycles. The van der Waals surface area contributed by atoms with E-state index in [1.807, 2.05) is 42.1 Å². The lowest BCUT2D eigenvalue weighted by Gasteiger charge is -2.29. The molecule has 0 bridgehead atoms. The molecular weight excluding hydrogens is 673 g/mol. The van der Waals surface area contributed by atoms with E-state index in [9.17, 15) is 24.0 Å². The van der Waals surface area contributed by atoms with Gasteiger partial charge < -0.3 is 36.1 Å². The van der Waals surface area contributed by atoms with Gasteiger partial charge in [-0.05, 0) is 70.6 Å². The topological polar surface area (TPSA) is 167 Å². The minimum absolute atomic E-state index is 0.0384. The molecule has 51 heavy (non-hydrogen) atoms. The predicted octanol–water partition coefficient (Wildman–Crippen LogP) is 4.18. The molecule has 2 saturated heterocycles. The first-order valence-electron chi connectivity index (χ1n) is 17.8. The van der Waals surface area contributed by atoms with E-state index in [2.05, 4.69) is 26.6 Å². The molecular formula is C37H50N6O7S. The van der Waals surface area contributed by atoms with E-state index >= 15 is 0 Å². The molecule has 2 aromatic rings. The number of anilines is 1. The van der Waals surface area contributed by atoms with E-state index in [4.69, 9.17) is 9.47 Å². The lowest BCUT2D eigenvalue weighted by atomic mass is 10.0. The molecule has 0 saturated carbocycles. The lowest BCUT2D eigenvalue weighted by Crippen LogP contribution is -2.54. The third kappa shape index (κ3) is 10.8. The van der Waals surface area contributed by atoms with Crippen LogP contribution in [-0.2, 0) is 19.1 Å². The normalized spacial score (nSPS) is 22.4. The van der Waals surface area contributed by atoms with Crippen molar-refractivity contribution in [2.45, 2.75) is 101 Å². The molecule has 276 valence electrons. The van der Waals surface area contributed by atoms with Crippen molar-refractivity contribution >= 4 is 47.3 Å². The maximum Gasteiger partial charge on any atom is 0.408 e. The smallest absolute Gasteiger partial charge is 0.408 e. The van der Waals surface area contributed by atoms with Gasteiger partial charge in [-0.15, -0.1) is 0 Å². The summed E-state index contributed by atoms with van der Waals surface area (Å²) in [6.45, 7) is 5.92. The van der Waals surface area contributed by atoms with Crippen molar-refractivity contribution in [1.29, 1.82) is 0 Å². The number of fused-ring (bicyclic) bond motifs is 2. The van der Waals surface area contributed by atoms with Gasteiger partial charge in [0.2, 0.25) is 11.8 Å². The Morgan fingerprint density at radius 3 is 2.35 bits per heavy atom. The second-order valence-electron chi connectivity index (χ2n) is 14.1. The van der Waals surface area contributed by atoms with E-state index < -0.39 is 29.7 Å². The van der Waals surface area contributed by atoms with Gasteiger partial charge in [0.25, 0.3) is 5.91 Å². The monoisotopic (exact) mass is 722 g/mol. The summed E-state index contributed by atoms with van der Waals surface area (Å²) >= 11 is 1.89. The van der Waals surface area contributed by atoms with Gasteiger partial charge in [0.15, 0.2) is 12.1 Å². The summed E-state index contributed by atoms with van der Waals surface area (Å²) in [6, 6.07) is 15.3. The van der Waals surface area contributed by atoms with Crippen LogP contribution in [0.3, 0.4) is 0 Å². The summed E-state index contributed by atoms with van der Waals surface area (Å²) < 4.78 is 11.9. The number of benzene rings is 2. The van der Waals surface area contributed by atoms with Gasteiger partial charge in [0, 0.05) is 30.5 Å². The van der Waals surface area contributed by atoms with E-state index in [0.717, 1.165) is 37.9 Å². The Kier molecular flexibility index (Phi) is 13.1. The molecule has 0 aliphatic carbocycles. The number of nitrogens with zero attached hydrogens (tertiary/aromatic N) is 1. The van der Waals surface area contributed by atoms with Crippen molar-refractivity contribution < 1.29 is 33.4 Å². The lowest BCUT2D eigenvalue weighted by molar-refractivity contribution is -0.125. The average molecular weight is 723 g/mol. The maximum absolute atomic E-state index is 14.2. The van der Waals surface area contributed by atoms with Gasteiger partial charge in [0.1, 0.15) is 17.9 Å². The number of hydrogen-bond acceptors (Lipinski definition) is 8. The number of para-hydroxylation sites is 2. The number of carbonyl (C=O) groups is 5. The van der Waals surface area contributed by atoms with Crippen molar-refractivity contribution in [1.82, 2.24) is 26.6 Å². The molecule has 2 fully saturated rings. The van der Waals surface area contributed by atoms with E-state index in [1.165, 1.54) is 4.90 Å². The van der Waals surface area contributed by atoms with Gasteiger partial charge >= 0.3 is 12.1 Å². The highest BCUT2D eigenvalue weighted by Crippen LogP contribution is 2.38. The third-order valence-electron chi connectivity index (χ3n) is 8.93. The fraction of sp³-hybridized carbons (Fsp3) is 0.541. The van der Waals surface area contributed by atoms with Crippen LogP contribution in [0.5, 0.6) is 5.75 Å². The third-order valence-corrected chi connectivity index (χ3v) is 10.4. The summed E-state index contributed by atoms with van der Waals surface area (Å²) in [6.07, 6.45) is 3.88. The molecule has 6 amide bonds. The van der Waals surface area contributed by atoms with Crippen LogP contribution in [0.2, 0.25) is 0 Å². The van der Waals surface area contributed by atoms with Crippen LogP contribution in [0.4, 0.5) is 15.3 Å². The highest BCUT2D eigenvalue weighted by atomic mass is 32.2. The standard InChI is InChI=1S/C37H50N6O7S/c1-37(2,3)50-36(48)42-32-33(24-14-6-4-7-15-24)49-27-17-9-8-16-26(27)43(34(32)46)22-30(45)39-21-13-5-12-20-38-29(44)19-11-10-18-28-31-25(23-51-28)40-35(47)41-31/h4,6-9,14-17,25,28,31-33H,5,10-13,18-23H2,1-3H3,(H,38,44)(H,39,45)(H,42,48)(H2,40,41,47)/t25-,28-,31-,32+,33-/m0/s1. The van der Waals surface area contributed by atoms with Crippen molar-refractivity contribution in [2.24, 2.45) is 0 Å². The molecule has 13 nitrogen and oxygen atoms in total. The number of unbranched alkanes of at least 4 members (excludes halogenated alkanes) is 3. The zero-order chi connectivity index (χ0) is 36.4. The highest BCUT2D eigenvalue weighted by Gasteiger charge is 2.43. The number of urea groups is 1. The number of amides is 6.